The quantitative estimate of drug-likeness (QED) is 0.644. The molecule has 1 fully saturated rings. The second-order valence-electron chi connectivity index (χ2n) is 6.72. The summed E-state index contributed by atoms with van der Waals surface area (Å²) in [7, 11) is 1.73. The van der Waals surface area contributed by atoms with Gasteiger partial charge in [0, 0.05) is 22.7 Å². The maximum atomic E-state index is 5.35. The molecule has 3 nitrogen and oxygen atoms in total. The minimum absolute atomic E-state index is 0.598. The number of hydrogen-bond acceptors (Lipinski definition) is 3. The molecule has 1 atom stereocenters. The van der Waals surface area contributed by atoms with Gasteiger partial charge in [-0.25, -0.2) is 0 Å². The van der Waals surface area contributed by atoms with Crippen molar-refractivity contribution in [2.75, 3.05) is 26.7 Å². The van der Waals surface area contributed by atoms with Crippen LogP contribution in [0.15, 0.2) is 48.5 Å². The molecule has 0 aromatic heterocycles. The number of nitrogens with zero attached hydrogens (tertiary/aromatic N) is 1. The van der Waals surface area contributed by atoms with Gasteiger partial charge in [-0.05, 0) is 84.3 Å². The summed E-state index contributed by atoms with van der Waals surface area (Å²) in [6.07, 6.45) is 3.60. The van der Waals surface area contributed by atoms with Gasteiger partial charge >= 0.3 is 0 Å². The molecular formula is C21H27IN2O. The predicted octanol–water partition coefficient (Wildman–Crippen LogP) is 4.10. The molecule has 25 heavy (non-hydrogen) atoms. The number of halogens is 1. The molecule has 2 aromatic carbocycles. The lowest BCUT2D eigenvalue weighted by Gasteiger charge is -2.33. The van der Waals surface area contributed by atoms with Crippen molar-refractivity contribution in [1.82, 2.24) is 10.2 Å². The molecule has 0 unspecified atom stereocenters. The molecule has 3 rings (SSSR count). The normalized spacial score (nSPS) is 18.2. The Morgan fingerprint density at radius 2 is 2.04 bits per heavy atom. The van der Waals surface area contributed by atoms with Gasteiger partial charge < -0.3 is 10.1 Å². The van der Waals surface area contributed by atoms with Gasteiger partial charge in [0.15, 0.2) is 0 Å². The van der Waals surface area contributed by atoms with Crippen molar-refractivity contribution in [3.63, 3.8) is 0 Å². The van der Waals surface area contributed by atoms with Gasteiger partial charge in [-0.2, -0.15) is 0 Å². The molecule has 0 radical (unpaired) electrons. The maximum Gasteiger partial charge on any atom is 0.119 e. The average Bonchev–Trinajstić information content (AvgIpc) is 2.64. The van der Waals surface area contributed by atoms with Crippen molar-refractivity contribution < 1.29 is 4.74 Å². The largest absolute Gasteiger partial charge is 0.497 e. The van der Waals surface area contributed by atoms with E-state index in [-0.39, 0.29) is 0 Å². The molecular weight excluding hydrogens is 423 g/mol. The average molecular weight is 450 g/mol. The van der Waals surface area contributed by atoms with E-state index in [1.165, 1.54) is 34.1 Å². The molecule has 1 heterocycles. The maximum absolute atomic E-state index is 5.35. The highest BCUT2D eigenvalue weighted by atomic mass is 127. The summed E-state index contributed by atoms with van der Waals surface area (Å²) in [6.45, 7) is 4.44. The van der Waals surface area contributed by atoms with E-state index in [0.717, 1.165) is 31.8 Å². The summed E-state index contributed by atoms with van der Waals surface area (Å²) < 4.78 is 6.66. The summed E-state index contributed by atoms with van der Waals surface area (Å²) >= 11 is 2.41. The molecule has 1 saturated heterocycles. The van der Waals surface area contributed by atoms with Crippen LogP contribution in [0.25, 0.3) is 0 Å². The zero-order chi connectivity index (χ0) is 17.5. The van der Waals surface area contributed by atoms with E-state index in [4.69, 9.17) is 4.74 Å². The van der Waals surface area contributed by atoms with Crippen molar-refractivity contribution in [3.8, 4) is 5.75 Å². The number of piperidine rings is 1. The smallest absolute Gasteiger partial charge is 0.119 e. The highest BCUT2D eigenvalue weighted by molar-refractivity contribution is 14.1. The number of methoxy groups -OCH3 is 1. The summed E-state index contributed by atoms with van der Waals surface area (Å²) in [5.41, 5.74) is 2.78. The molecule has 1 N–H and O–H groups in total. The van der Waals surface area contributed by atoms with E-state index in [2.05, 4.69) is 75.3 Å². The lowest BCUT2D eigenvalue weighted by molar-refractivity contribution is 0.184. The van der Waals surface area contributed by atoms with Crippen LogP contribution in [0.5, 0.6) is 5.75 Å². The Morgan fingerprint density at radius 3 is 2.84 bits per heavy atom. The monoisotopic (exact) mass is 450 g/mol. The molecule has 0 bridgehead atoms. The van der Waals surface area contributed by atoms with E-state index in [1.54, 1.807) is 7.11 Å². The van der Waals surface area contributed by atoms with Crippen LogP contribution in [0.3, 0.4) is 0 Å². The zero-order valence-electron chi connectivity index (χ0n) is 14.9. The highest BCUT2D eigenvalue weighted by Crippen LogP contribution is 2.20. The van der Waals surface area contributed by atoms with Gasteiger partial charge in [0.25, 0.3) is 0 Å². The minimum Gasteiger partial charge on any atom is -0.497 e. The van der Waals surface area contributed by atoms with E-state index < -0.39 is 0 Å². The van der Waals surface area contributed by atoms with Crippen LogP contribution in [-0.4, -0.2) is 37.7 Å². The first-order valence-corrected chi connectivity index (χ1v) is 10.1. The SMILES string of the molecule is COc1ccc(I)c(CCN[C@@H]2CCCN(Cc3ccccc3)C2)c1. The molecule has 134 valence electrons. The number of rotatable bonds is 7. The second-order valence-corrected chi connectivity index (χ2v) is 7.88. The number of ether oxygens (including phenoxy) is 1. The van der Waals surface area contributed by atoms with Crippen LogP contribution < -0.4 is 10.1 Å². The highest BCUT2D eigenvalue weighted by Gasteiger charge is 2.19. The van der Waals surface area contributed by atoms with Crippen LogP contribution in [0.2, 0.25) is 0 Å². The Balaban J connectivity index is 1.47. The molecule has 1 aliphatic rings. The zero-order valence-corrected chi connectivity index (χ0v) is 17.0. The molecule has 0 amide bonds. The summed E-state index contributed by atoms with van der Waals surface area (Å²) in [5.74, 6) is 0.946. The summed E-state index contributed by atoms with van der Waals surface area (Å²) in [4.78, 5) is 2.58. The van der Waals surface area contributed by atoms with Crippen molar-refractivity contribution in [1.29, 1.82) is 0 Å². The Labute approximate surface area is 164 Å². The Hall–Kier alpha value is -1.11. The Morgan fingerprint density at radius 1 is 1.20 bits per heavy atom. The second kappa shape index (κ2) is 9.55. The van der Waals surface area contributed by atoms with Crippen molar-refractivity contribution in [2.45, 2.75) is 31.8 Å². The first kappa shape index (κ1) is 18.7. The van der Waals surface area contributed by atoms with Gasteiger partial charge in [0.1, 0.15) is 5.75 Å². The van der Waals surface area contributed by atoms with Crippen LogP contribution in [0.1, 0.15) is 24.0 Å². The van der Waals surface area contributed by atoms with E-state index in [1.807, 2.05) is 6.07 Å². The van der Waals surface area contributed by atoms with Crippen LogP contribution in [-0.2, 0) is 13.0 Å². The van der Waals surface area contributed by atoms with E-state index in [9.17, 15) is 0 Å². The molecule has 0 saturated carbocycles. The number of benzene rings is 2. The molecule has 1 aliphatic heterocycles. The van der Waals surface area contributed by atoms with E-state index >= 15 is 0 Å². The Kier molecular flexibility index (Phi) is 7.13. The minimum atomic E-state index is 0.598. The van der Waals surface area contributed by atoms with Gasteiger partial charge in [-0.1, -0.05) is 30.3 Å². The van der Waals surface area contributed by atoms with Crippen LogP contribution in [0, 0.1) is 3.57 Å². The topological polar surface area (TPSA) is 24.5 Å². The molecule has 2 aromatic rings. The lowest BCUT2D eigenvalue weighted by Crippen LogP contribution is -2.45. The van der Waals surface area contributed by atoms with E-state index in [0.29, 0.717) is 6.04 Å². The number of nitrogens with one attached hydrogen (secondary N) is 1. The van der Waals surface area contributed by atoms with Crippen molar-refractivity contribution in [3.05, 3.63) is 63.2 Å². The van der Waals surface area contributed by atoms with Gasteiger partial charge in [0.2, 0.25) is 0 Å². The molecule has 0 spiro atoms. The fraction of sp³-hybridized carbons (Fsp3) is 0.429. The third-order valence-corrected chi connectivity index (χ3v) is 5.89. The number of likely N-dealkylation sites (tertiary alicyclic amines) is 1. The predicted molar refractivity (Wildman–Crippen MR) is 112 cm³/mol. The van der Waals surface area contributed by atoms with Gasteiger partial charge in [-0.3, -0.25) is 4.90 Å². The first-order chi connectivity index (χ1) is 12.2. The Bertz CT molecular complexity index is 662. The fourth-order valence-electron chi connectivity index (χ4n) is 3.49. The molecule has 4 heteroatoms. The summed E-state index contributed by atoms with van der Waals surface area (Å²) in [6, 6.07) is 17.7. The lowest BCUT2D eigenvalue weighted by atomic mass is 10.0. The van der Waals surface area contributed by atoms with Gasteiger partial charge in [-0.15, -0.1) is 0 Å². The third-order valence-electron chi connectivity index (χ3n) is 4.83. The fourth-order valence-corrected chi connectivity index (χ4v) is 4.09. The van der Waals surface area contributed by atoms with Crippen molar-refractivity contribution >= 4 is 22.6 Å². The van der Waals surface area contributed by atoms with Crippen LogP contribution >= 0.6 is 22.6 Å². The molecule has 0 aliphatic carbocycles. The van der Waals surface area contributed by atoms with Gasteiger partial charge in [0.05, 0.1) is 7.11 Å². The van der Waals surface area contributed by atoms with Crippen LogP contribution in [0.4, 0.5) is 0 Å². The standard InChI is InChI=1S/C21H27IN2O/c1-25-20-9-10-21(22)18(14-20)11-12-23-19-8-5-13-24(16-19)15-17-6-3-2-4-7-17/h2-4,6-7,9-10,14,19,23H,5,8,11-13,15-16H2,1H3/t19-/m1/s1. The number of hydrogen-bond donors (Lipinski definition) is 1. The first-order valence-electron chi connectivity index (χ1n) is 9.06. The summed E-state index contributed by atoms with van der Waals surface area (Å²) in [5, 5.41) is 3.76. The van der Waals surface area contributed by atoms with Crippen molar-refractivity contribution in [2.24, 2.45) is 0 Å². The third kappa shape index (κ3) is 5.69.